The van der Waals surface area contributed by atoms with Crippen LogP contribution in [-0.2, 0) is 0 Å². The minimum Gasteiger partial charge on any atom is -0.409 e. The van der Waals surface area contributed by atoms with Crippen molar-refractivity contribution in [3.05, 3.63) is 54.4 Å². The van der Waals surface area contributed by atoms with Gasteiger partial charge < -0.3 is 15.9 Å². The summed E-state index contributed by atoms with van der Waals surface area (Å²) in [6, 6.07) is 13.8. The number of H-pyrrole nitrogens is 1. The molecule has 0 bridgehead atoms. The Labute approximate surface area is 119 Å². The van der Waals surface area contributed by atoms with E-state index in [0.29, 0.717) is 5.69 Å². The maximum Gasteiger partial charge on any atom is 0.188 e. The molecular weight excluding hydrogens is 272 g/mol. The zero-order chi connectivity index (χ0) is 13.9. The van der Waals surface area contributed by atoms with Crippen LogP contribution in [0.5, 0.6) is 0 Å². The highest BCUT2D eigenvalue weighted by Crippen LogP contribution is 2.29. The van der Waals surface area contributed by atoms with Crippen LogP contribution in [-0.4, -0.2) is 21.0 Å². The first kappa shape index (κ1) is 12.6. The molecule has 5 nitrogen and oxygen atoms in total. The Hall–Kier alpha value is -2.47. The Morgan fingerprint density at radius 1 is 1.25 bits per heavy atom. The van der Waals surface area contributed by atoms with Crippen molar-refractivity contribution in [3.63, 3.8) is 0 Å². The lowest BCUT2D eigenvalue weighted by molar-refractivity contribution is 0.318. The Morgan fingerprint density at radius 2 is 2.10 bits per heavy atom. The van der Waals surface area contributed by atoms with Crippen LogP contribution in [0, 0.1) is 0 Å². The van der Waals surface area contributed by atoms with Gasteiger partial charge >= 0.3 is 0 Å². The second-order valence-electron chi connectivity index (χ2n) is 4.19. The zero-order valence-electron chi connectivity index (χ0n) is 10.4. The summed E-state index contributed by atoms with van der Waals surface area (Å²) < 4.78 is 0. The Bertz CT molecular complexity index is 731. The van der Waals surface area contributed by atoms with Gasteiger partial charge in [0.05, 0.1) is 5.03 Å². The average molecular weight is 284 g/mol. The molecule has 0 saturated carbocycles. The molecule has 100 valence electrons. The van der Waals surface area contributed by atoms with Crippen LogP contribution in [0.1, 0.15) is 5.69 Å². The van der Waals surface area contributed by atoms with Crippen molar-refractivity contribution in [1.82, 2.24) is 9.97 Å². The van der Waals surface area contributed by atoms with Crippen molar-refractivity contribution in [2.24, 2.45) is 10.9 Å². The standard InChI is InChI=1S/C14H12N4OS/c15-14(18-19)12-6-5-10(8-16-12)20-13-7-9-3-1-2-4-11(9)17-13/h1-8,17,19H,(H2,15,18). The molecule has 0 aliphatic rings. The summed E-state index contributed by atoms with van der Waals surface area (Å²) in [5.74, 6) is 0.00663. The van der Waals surface area contributed by atoms with Gasteiger partial charge in [0.2, 0.25) is 0 Å². The predicted octanol–water partition coefficient (Wildman–Crippen LogP) is 2.81. The van der Waals surface area contributed by atoms with E-state index < -0.39 is 0 Å². The number of nitrogens with one attached hydrogen (secondary N) is 1. The molecule has 0 aliphatic heterocycles. The molecule has 6 heteroatoms. The largest absolute Gasteiger partial charge is 0.409 e. The number of hydrogen-bond acceptors (Lipinski definition) is 4. The quantitative estimate of drug-likeness (QED) is 0.299. The number of nitrogens with zero attached hydrogens (tertiary/aromatic N) is 2. The van der Waals surface area contributed by atoms with E-state index >= 15 is 0 Å². The van der Waals surface area contributed by atoms with Crippen molar-refractivity contribution in [2.45, 2.75) is 9.92 Å². The number of nitrogens with two attached hydrogens (primary N) is 1. The number of aromatic nitrogens is 2. The molecule has 3 aromatic rings. The van der Waals surface area contributed by atoms with Crippen LogP contribution in [0.4, 0.5) is 0 Å². The van der Waals surface area contributed by atoms with Crippen LogP contribution in [0.15, 0.2) is 63.7 Å². The van der Waals surface area contributed by atoms with Crippen LogP contribution < -0.4 is 5.73 Å². The van der Waals surface area contributed by atoms with Gasteiger partial charge in [-0.3, -0.25) is 4.98 Å². The molecular formula is C14H12N4OS. The molecule has 0 amide bonds. The summed E-state index contributed by atoms with van der Waals surface area (Å²) in [7, 11) is 0. The molecule has 0 saturated heterocycles. The van der Waals surface area contributed by atoms with Gasteiger partial charge in [-0.15, -0.1) is 0 Å². The summed E-state index contributed by atoms with van der Waals surface area (Å²) in [5.41, 5.74) is 7.03. The summed E-state index contributed by atoms with van der Waals surface area (Å²) in [5, 5.41) is 13.7. The van der Waals surface area contributed by atoms with Crippen molar-refractivity contribution in [2.75, 3.05) is 0 Å². The first-order chi connectivity index (χ1) is 9.76. The minimum absolute atomic E-state index is 0.00663. The number of para-hydroxylation sites is 1. The molecule has 4 N–H and O–H groups in total. The fourth-order valence-electron chi connectivity index (χ4n) is 1.87. The number of benzene rings is 1. The number of fused-ring (bicyclic) bond motifs is 1. The van der Waals surface area contributed by atoms with Gasteiger partial charge in [0.15, 0.2) is 5.84 Å². The second-order valence-corrected chi connectivity index (χ2v) is 5.30. The lowest BCUT2D eigenvalue weighted by Gasteiger charge is -2.00. The Kier molecular flexibility index (Phi) is 3.30. The molecule has 0 spiro atoms. The van der Waals surface area contributed by atoms with E-state index in [0.717, 1.165) is 15.4 Å². The summed E-state index contributed by atoms with van der Waals surface area (Å²) in [6.45, 7) is 0. The molecule has 0 fully saturated rings. The van der Waals surface area contributed by atoms with E-state index in [2.05, 4.69) is 27.3 Å². The summed E-state index contributed by atoms with van der Waals surface area (Å²) in [6.07, 6.45) is 1.70. The van der Waals surface area contributed by atoms with E-state index in [1.165, 1.54) is 5.39 Å². The first-order valence-corrected chi connectivity index (χ1v) is 6.77. The summed E-state index contributed by atoms with van der Waals surface area (Å²) in [4.78, 5) is 8.47. The Morgan fingerprint density at radius 3 is 2.80 bits per heavy atom. The second kappa shape index (κ2) is 5.26. The molecule has 0 atom stereocenters. The van der Waals surface area contributed by atoms with Crippen molar-refractivity contribution >= 4 is 28.5 Å². The molecule has 1 aromatic carbocycles. The molecule has 0 unspecified atom stereocenters. The monoisotopic (exact) mass is 284 g/mol. The van der Waals surface area contributed by atoms with Gasteiger partial charge in [0.1, 0.15) is 5.69 Å². The molecule has 2 heterocycles. The number of amidine groups is 1. The number of pyridine rings is 1. The Balaban J connectivity index is 1.83. The van der Waals surface area contributed by atoms with Crippen LogP contribution >= 0.6 is 11.8 Å². The smallest absolute Gasteiger partial charge is 0.188 e. The lowest BCUT2D eigenvalue weighted by atomic mass is 10.3. The maximum absolute atomic E-state index is 8.59. The van der Waals surface area contributed by atoms with Crippen molar-refractivity contribution in [3.8, 4) is 0 Å². The number of aromatic amines is 1. The van der Waals surface area contributed by atoms with E-state index in [1.807, 2.05) is 24.3 Å². The van der Waals surface area contributed by atoms with Crippen LogP contribution in [0.25, 0.3) is 10.9 Å². The fraction of sp³-hybridized carbons (Fsp3) is 0. The van der Waals surface area contributed by atoms with Gasteiger partial charge in [0.25, 0.3) is 0 Å². The molecule has 20 heavy (non-hydrogen) atoms. The number of oxime groups is 1. The third-order valence-corrected chi connectivity index (χ3v) is 3.76. The lowest BCUT2D eigenvalue weighted by Crippen LogP contribution is -2.14. The van der Waals surface area contributed by atoms with Crippen molar-refractivity contribution in [1.29, 1.82) is 0 Å². The maximum atomic E-state index is 8.59. The number of hydrogen-bond donors (Lipinski definition) is 3. The molecule has 0 aliphatic carbocycles. The highest BCUT2D eigenvalue weighted by molar-refractivity contribution is 7.99. The first-order valence-electron chi connectivity index (χ1n) is 5.96. The average Bonchev–Trinajstić information content (AvgIpc) is 2.89. The van der Waals surface area contributed by atoms with E-state index in [1.54, 1.807) is 24.0 Å². The van der Waals surface area contributed by atoms with Crippen LogP contribution in [0.2, 0.25) is 0 Å². The third-order valence-electron chi connectivity index (χ3n) is 2.84. The van der Waals surface area contributed by atoms with E-state index in [-0.39, 0.29) is 5.84 Å². The zero-order valence-corrected chi connectivity index (χ0v) is 11.3. The highest BCUT2D eigenvalue weighted by atomic mass is 32.2. The SMILES string of the molecule is N/C(=N/O)c1ccc(Sc2cc3ccccc3[nH]2)cn1. The van der Waals surface area contributed by atoms with Gasteiger partial charge in [-0.25, -0.2) is 0 Å². The van der Waals surface area contributed by atoms with Gasteiger partial charge in [-0.1, -0.05) is 35.1 Å². The molecule has 0 radical (unpaired) electrons. The van der Waals surface area contributed by atoms with E-state index in [4.69, 9.17) is 10.9 Å². The van der Waals surface area contributed by atoms with Crippen molar-refractivity contribution < 1.29 is 5.21 Å². The van der Waals surface area contributed by atoms with Gasteiger partial charge in [-0.05, 0) is 24.3 Å². The highest BCUT2D eigenvalue weighted by Gasteiger charge is 2.04. The molecule has 3 rings (SSSR count). The van der Waals surface area contributed by atoms with Crippen LogP contribution in [0.3, 0.4) is 0 Å². The van der Waals surface area contributed by atoms with E-state index in [9.17, 15) is 0 Å². The third kappa shape index (κ3) is 2.46. The summed E-state index contributed by atoms with van der Waals surface area (Å²) >= 11 is 1.58. The van der Waals surface area contributed by atoms with Gasteiger partial charge in [0, 0.05) is 22.0 Å². The fourth-order valence-corrected chi connectivity index (χ4v) is 2.71. The topological polar surface area (TPSA) is 87.3 Å². The normalized spacial score (nSPS) is 11.9. The van der Waals surface area contributed by atoms with Gasteiger partial charge in [-0.2, -0.15) is 0 Å². The number of rotatable bonds is 3. The predicted molar refractivity (Wildman–Crippen MR) is 79.2 cm³/mol. The molecule has 2 aromatic heterocycles. The minimum atomic E-state index is 0.00663.